The molecule has 0 aliphatic carbocycles. The Morgan fingerprint density at radius 2 is 0.930 bits per heavy atom. The van der Waals surface area contributed by atoms with Gasteiger partial charge in [-0.05, 0) is 34.1 Å². The molecule has 43 heavy (non-hydrogen) atoms. The molecule has 0 heterocycles. The molecule has 0 saturated heterocycles. The molecule has 0 saturated carbocycles. The third kappa shape index (κ3) is 20.3. The van der Waals surface area contributed by atoms with Crippen molar-refractivity contribution in [1.29, 1.82) is 0 Å². The lowest BCUT2D eigenvalue weighted by Gasteiger charge is -2.29. The molecule has 0 radical (unpaired) electrons. The van der Waals surface area contributed by atoms with Crippen LogP contribution in [0.25, 0.3) is 0 Å². The van der Waals surface area contributed by atoms with E-state index >= 15 is 0 Å². The Balaban J connectivity index is 5.31. The number of carbonyl (C=O) groups excluding carboxylic acids is 5. The molecular formula is C28H51N3O11S. The lowest BCUT2D eigenvalue weighted by atomic mass is 10.1. The van der Waals surface area contributed by atoms with Gasteiger partial charge in [-0.3, -0.25) is 38.7 Å². The van der Waals surface area contributed by atoms with E-state index in [9.17, 15) is 24.0 Å². The summed E-state index contributed by atoms with van der Waals surface area (Å²) in [6.45, 7) is 8.72. The SMILES string of the molecule is COC(=O)CN(CCN(CC(=O)OC)CC(=O)OC)CCN(CC(=O)OC)CC(=O)SCC(C)(C)OCCC(C)(C)OC. The lowest BCUT2D eigenvalue weighted by Crippen LogP contribution is -2.45. The summed E-state index contributed by atoms with van der Waals surface area (Å²) in [5.41, 5.74) is -0.870. The summed E-state index contributed by atoms with van der Waals surface area (Å²) in [4.78, 5) is 65.7. The molecule has 0 fully saturated rings. The van der Waals surface area contributed by atoms with Crippen LogP contribution < -0.4 is 0 Å². The van der Waals surface area contributed by atoms with Crippen LogP contribution in [-0.4, -0.2) is 162 Å². The maximum Gasteiger partial charge on any atom is 0.319 e. The summed E-state index contributed by atoms with van der Waals surface area (Å²) in [6, 6.07) is 0. The quantitative estimate of drug-likeness (QED) is 0.113. The van der Waals surface area contributed by atoms with Gasteiger partial charge in [0, 0.05) is 39.0 Å². The number of ether oxygens (including phenoxy) is 6. The Morgan fingerprint density at radius 3 is 1.33 bits per heavy atom. The number of rotatable bonds is 23. The van der Waals surface area contributed by atoms with Crippen molar-refractivity contribution in [3.8, 4) is 0 Å². The van der Waals surface area contributed by atoms with E-state index in [0.29, 0.717) is 18.8 Å². The second kappa shape index (κ2) is 21.4. The highest BCUT2D eigenvalue weighted by Crippen LogP contribution is 2.21. The van der Waals surface area contributed by atoms with Crippen LogP contribution >= 0.6 is 11.8 Å². The summed E-state index contributed by atoms with van der Waals surface area (Å²) in [5.74, 6) is -1.65. The first-order valence-corrected chi connectivity index (χ1v) is 14.9. The zero-order valence-electron chi connectivity index (χ0n) is 27.2. The highest BCUT2D eigenvalue weighted by Gasteiger charge is 2.25. The molecule has 0 spiro atoms. The fourth-order valence-corrected chi connectivity index (χ4v) is 4.32. The Labute approximate surface area is 259 Å². The van der Waals surface area contributed by atoms with Crippen molar-refractivity contribution in [3.63, 3.8) is 0 Å². The maximum atomic E-state index is 12.9. The molecule has 14 nitrogen and oxygen atoms in total. The molecule has 0 aromatic carbocycles. The van der Waals surface area contributed by atoms with Crippen molar-refractivity contribution in [3.05, 3.63) is 0 Å². The zero-order chi connectivity index (χ0) is 33.1. The number of methoxy groups -OCH3 is 5. The number of nitrogens with zero attached hydrogens (tertiary/aromatic N) is 3. The van der Waals surface area contributed by atoms with E-state index in [-0.39, 0.29) is 69.6 Å². The molecule has 0 aliphatic heterocycles. The Kier molecular flexibility index (Phi) is 20.3. The summed E-state index contributed by atoms with van der Waals surface area (Å²) in [5, 5.41) is -0.153. The van der Waals surface area contributed by atoms with E-state index in [0.717, 1.165) is 11.8 Å². The lowest BCUT2D eigenvalue weighted by molar-refractivity contribution is -0.146. The van der Waals surface area contributed by atoms with Gasteiger partial charge in [-0.25, -0.2) is 0 Å². The minimum absolute atomic E-state index is 0.0323. The van der Waals surface area contributed by atoms with Crippen LogP contribution in [0.1, 0.15) is 34.1 Å². The standard InChI is InChI=1S/C28H51N3O11S/c1-27(2,41-9)10-15-42-28(3,4)21-43-26(36)20-31(19-25(35)40-8)14-12-29(16-22(32)37-5)11-13-30(17-23(33)38-6)18-24(34)39-7/h10-21H2,1-9H3. The Hall–Kier alpha value is -2.30. The maximum absolute atomic E-state index is 12.9. The highest BCUT2D eigenvalue weighted by molar-refractivity contribution is 8.13. The van der Waals surface area contributed by atoms with Crippen molar-refractivity contribution in [1.82, 2.24) is 14.7 Å². The van der Waals surface area contributed by atoms with E-state index in [1.54, 1.807) is 16.9 Å². The summed E-state index contributed by atoms with van der Waals surface area (Å²) < 4.78 is 30.4. The van der Waals surface area contributed by atoms with Crippen molar-refractivity contribution < 1.29 is 52.4 Å². The predicted octanol–water partition coefficient (Wildman–Crippen LogP) is 0.455. The fraction of sp³-hybridized carbons (Fsp3) is 0.821. The van der Waals surface area contributed by atoms with E-state index in [1.165, 1.54) is 33.3 Å². The van der Waals surface area contributed by atoms with Gasteiger partial charge in [0.15, 0.2) is 0 Å². The van der Waals surface area contributed by atoms with Gasteiger partial charge in [0.1, 0.15) is 0 Å². The molecule has 0 rings (SSSR count). The Morgan fingerprint density at radius 1 is 0.558 bits per heavy atom. The molecule has 0 atom stereocenters. The van der Waals surface area contributed by atoms with Gasteiger partial charge in [0.25, 0.3) is 0 Å². The largest absolute Gasteiger partial charge is 0.468 e. The van der Waals surface area contributed by atoms with Gasteiger partial charge >= 0.3 is 23.9 Å². The van der Waals surface area contributed by atoms with Gasteiger partial charge in [-0.1, -0.05) is 11.8 Å². The molecule has 0 aliphatic rings. The predicted molar refractivity (Wildman–Crippen MR) is 161 cm³/mol. The first kappa shape index (κ1) is 40.7. The molecule has 0 aromatic rings. The van der Waals surface area contributed by atoms with Crippen LogP contribution in [0.3, 0.4) is 0 Å². The van der Waals surface area contributed by atoms with Crippen molar-refractivity contribution in [2.75, 3.05) is 107 Å². The van der Waals surface area contributed by atoms with E-state index in [1.807, 2.05) is 27.7 Å². The highest BCUT2D eigenvalue weighted by atomic mass is 32.2. The third-order valence-electron chi connectivity index (χ3n) is 6.47. The van der Waals surface area contributed by atoms with Crippen LogP contribution in [0.15, 0.2) is 0 Å². The number of carbonyl (C=O) groups is 5. The fourth-order valence-electron chi connectivity index (χ4n) is 3.45. The summed E-state index contributed by atoms with van der Waals surface area (Å²) in [6.07, 6.45) is 0.698. The number of thioether (sulfide) groups is 1. The monoisotopic (exact) mass is 637 g/mol. The first-order valence-electron chi connectivity index (χ1n) is 13.9. The summed E-state index contributed by atoms with van der Waals surface area (Å²) >= 11 is 1.12. The smallest absolute Gasteiger partial charge is 0.319 e. The van der Waals surface area contributed by atoms with Crippen LogP contribution in [0, 0.1) is 0 Å². The molecule has 0 unspecified atom stereocenters. The number of esters is 4. The number of hydrogen-bond donors (Lipinski definition) is 0. The van der Waals surface area contributed by atoms with Crippen molar-refractivity contribution in [2.24, 2.45) is 0 Å². The van der Waals surface area contributed by atoms with Gasteiger partial charge in [-0.2, -0.15) is 0 Å². The van der Waals surface area contributed by atoms with Gasteiger partial charge in [0.05, 0.1) is 79.0 Å². The van der Waals surface area contributed by atoms with Crippen LogP contribution in [0.2, 0.25) is 0 Å². The first-order chi connectivity index (χ1) is 20.1. The van der Waals surface area contributed by atoms with Crippen LogP contribution in [0.4, 0.5) is 0 Å². The topological polar surface area (TPSA) is 150 Å². The number of hydrogen-bond acceptors (Lipinski definition) is 15. The normalized spacial score (nSPS) is 12.0. The average Bonchev–Trinajstić information content (AvgIpc) is 2.96. The molecule has 15 heteroatoms. The van der Waals surface area contributed by atoms with Gasteiger partial charge in [-0.15, -0.1) is 0 Å². The average molecular weight is 638 g/mol. The molecule has 0 aromatic heterocycles. The molecule has 0 N–H and O–H groups in total. The Bertz CT molecular complexity index is 868. The zero-order valence-corrected chi connectivity index (χ0v) is 28.0. The van der Waals surface area contributed by atoms with Gasteiger partial charge in [0.2, 0.25) is 5.12 Å². The molecule has 250 valence electrons. The second-order valence-corrected chi connectivity index (χ2v) is 12.0. The minimum atomic E-state index is -0.561. The van der Waals surface area contributed by atoms with Crippen LogP contribution in [-0.2, 0) is 52.4 Å². The van der Waals surface area contributed by atoms with Crippen molar-refractivity contribution in [2.45, 2.75) is 45.3 Å². The van der Waals surface area contributed by atoms with E-state index in [4.69, 9.17) is 28.4 Å². The summed E-state index contributed by atoms with van der Waals surface area (Å²) in [7, 11) is 6.68. The minimum Gasteiger partial charge on any atom is -0.468 e. The molecular weight excluding hydrogens is 586 g/mol. The third-order valence-corrected chi connectivity index (χ3v) is 7.76. The second-order valence-electron chi connectivity index (χ2n) is 11.0. The van der Waals surface area contributed by atoms with Gasteiger partial charge < -0.3 is 28.4 Å². The van der Waals surface area contributed by atoms with Crippen molar-refractivity contribution >= 4 is 40.8 Å². The van der Waals surface area contributed by atoms with E-state index < -0.39 is 29.5 Å². The van der Waals surface area contributed by atoms with E-state index in [2.05, 4.69) is 0 Å². The molecule has 0 amide bonds. The molecule has 0 bridgehead atoms. The van der Waals surface area contributed by atoms with Crippen LogP contribution in [0.5, 0.6) is 0 Å².